The number of halogens is 3. The second kappa shape index (κ2) is 7.93. The van der Waals surface area contributed by atoms with E-state index >= 15 is 0 Å². The molecule has 1 N–H and O–H groups in total. The topological polar surface area (TPSA) is 66.5 Å². The van der Waals surface area contributed by atoms with Gasteiger partial charge in [0.15, 0.2) is 0 Å². The molecule has 0 saturated heterocycles. The first-order chi connectivity index (χ1) is 11.6. The van der Waals surface area contributed by atoms with Crippen LogP contribution in [0.3, 0.4) is 0 Å². The van der Waals surface area contributed by atoms with Crippen molar-refractivity contribution in [2.45, 2.75) is 11.8 Å². The summed E-state index contributed by atoms with van der Waals surface area (Å²) in [6.07, 6.45) is 0. The van der Waals surface area contributed by atoms with Crippen LogP contribution in [0, 0.1) is 6.92 Å². The average Bonchev–Trinajstić information content (AvgIpc) is 2.53. The molecule has 5 nitrogen and oxygen atoms in total. The molecule has 9 heteroatoms. The van der Waals surface area contributed by atoms with Crippen molar-refractivity contribution in [2.75, 3.05) is 18.9 Å². The maximum absolute atomic E-state index is 12.6. The van der Waals surface area contributed by atoms with Crippen LogP contribution in [0.2, 0.25) is 15.1 Å². The van der Waals surface area contributed by atoms with E-state index in [1.807, 2.05) is 6.92 Å². The van der Waals surface area contributed by atoms with Gasteiger partial charge in [-0.25, -0.2) is 8.42 Å². The molecule has 1 amide bonds. The second-order valence-electron chi connectivity index (χ2n) is 5.35. The molecule has 0 unspecified atom stereocenters. The summed E-state index contributed by atoms with van der Waals surface area (Å²) in [5, 5.41) is 3.37. The number of nitrogens with zero attached hydrogens (tertiary/aromatic N) is 1. The predicted octanol–water partition coefficient (Wildman–Crippen LogP) is 4.21. The van der Waals surface area contributed by atoms with E-state index in [0.717, 1.165) is 9.87 Å². The number of anilines is 1. The van der Waals surface area contributed by atoms with Crippen LogP contribution < -0.4 is 5.32 Å². The van der Waals surface area contributed by atoms with Gasteiger partial charge in [-0.05, 0) is 42.8 Å². The van der Waals surface area contributed by atoms with Crippen LogP contribution in [0.15, 0.2) is 41.3 Å². The van der Waals surface area contributed by atoms with Gasteiger partial charge in [-0.15, -0.1) is 0 Å². The first-order valence-electron chi connectivity index (χ1n) is 7.08. The molecule has 0 aliphatic carbocycles. The molecule has 0 radical (unpaired) electrons. The fraction of sp³-hybridized carbons (Fsp3) is 0.188. The SMILES string of the molecule is Cc1ccc(NC(=O)CN(C)S(=O)(=O)c2cc(Cl)ccc2Cl)cc1Cl. The van der Waals surface area contributed by atoms with Crippen LogP contribution in [0.4, 0.5) is 5.69 Å². The van der Waals surface area contributed by atoms with Crippen LogP contribution in [0.1, 0.15) is 5.56 Å². The van der Waals surface area contributed by atoms with Crippen molar-refractivity contribution in [1.82, 2.24) is 4.31 Å². The lowest BCUT2D eigenvalue weighted by atomic mass is 10.2. The number of benzene rings is 2. The van der Waals surface area contributed by atoms with Crippen LogP contribution in [0.25, 0.3) is 0 Å². The number of nitrogens with one attached hydrogen (secondary N) is 1. The molecule has 0 fully saturated rings. The van der Waals surface area contributed by atoms with Crippen molar-refractivity contribution < 1.29 is 13.2 Å². The largest absolute Gasteiger partial charge is 0.325 e. The molecule has 134 valence electrons. The minimum Gasteiger partial charge on any atom is -0.325 e. The van der Waals surface area contributed by atoms with Crippen molar-refractivity contribution in [3.8, 4) is 0 Å². The normalized spacial score (nSPS) is 11.6. The van der Waals surface area contributed by atoms with Crippen LogP contribution >= 0.6 is 34.8 Å². The summed E-state index contributed by atoms with van der Waals surface area (Å²) in [5.41, 5.74) is 1.35. The molecular formula is C16H15Cl3N2O3S. The van der Waals surface area contributed by atoms with Gasteiger partial charge in [0.05, 0.1) is 11.6 Å². The fourth-order valence-electron chi connectivity index (χ4n) is 2.00. The Bertz CT molecular complexity index is 917. The monoisotopic (exact) mass is 420 g/mol. The van der Waals surface area contributed by atoms with Gasteiger partial charge in [-0.2, -0.15) is 4.31 Å². The Morgan fingerprint density at radius 3 is 2.40 bits per heavy atom. The average molecular weight is 422 g/mol. The van der Waals surface area contributed by atoms with Gasteiger partial charge in [-0.1, -0.05) is 40.9 Å². The predicted molar refractivity (Wildman–Crippen MR) is 101 cm³/mol. The van der Waals surface area contributed by atoms with Gasteiger partial charge >= 0.3 is 0 Å². The molecule has 2 rings (SSSR count). The van der Waals surface area contributed by atoms with Crippen molar-refractivity contribution in [3.05, 3.63) is 57.0 Å². The minimum atomic E-state index is -3.96. The van der Waals surface area contributed by atoms with Crippen molar-refractivity contribution in [2.24, 2.45) is 0 Å². The summed E-state index contributed by atoms with van der Waals surface area (Å²) in [4.78, 5) is 12.0. The summed E-state index contributed by atoms with van der Waals surface area (Å²) >= 11 is 17.8. The van der Waals surface area contributed by atoms with Gasteiger partial charge in [0.2, 0.25) is 15.9 Å². The Labute approximate surface area is 161 Å². The molecule has 0 heterocycles. The summed E-state index contributed by atoms with van der Waals surface area (Å²) < 4.78 is 26.0. The second-order valence-corrected chi connectivity index (χ2v) is 8.61. The molecule has 0 bridgehead atoms. The molecule has 0 aliphatic heterocycles. The number of likely N-dealkylation sites (N-methyl/N-ethyl adjacent to an activating group) is 1. The summed E-state index contributed by atoms with van der Waals surface area (Å²) in [6, 6.07) is 9.14. The van der Waals surface area contributed by atoms with Gasteiger partial charge in [0, 0.05) is 22.8 Å². The summed E-state index contributed by atoms with van der Waals surface area (Å²) in [5.74, 6) is -0.510. The van der Waals surface area contributed by atoms with Crippen LogP contribution in [-0.4, -0.2) is 32.2 Å². The first-order valence-corrected chi connectivity index (χ1v) is 9.66. The molecule has 0 saturated carbocycles. The fourth-order valence-corrected chi connectivity index (χ4v) is 4.04. The molecular weight excluding hydrogens is 407 g/mol. The molecule has 2 aromatic rings. The van der Waals surface area contributed by atoms with E-state index in [1.165, 1.54) is 25.2 Å². The molecule has 2 aromatic carbocycles. The lowest BCUT2D eigenvalue weighted by Crippen LogP contribution is -2.35. The highest BCUT2D eigenvalue weighted by Gasteiger charge is 2.25. The number of sulfonamides is 1. The summed E-state index contributed by atoms with van der Waals surface area (Å²) in [7, 11) is -2.68. The van der Waals surface area contributed by atoms with Gasteiger partial charge in [0.1, 0.15) is 4.90 Å². The zero-order valence-corrected chi connectivity index (χ0v) is 16.5. The quantitative estimate of drug-likeness (QED) is 0.786. The van der Waals surface area contributed by atoms with Gasteiger partial charge < -0.3 is 5.32 Å². The molecule has 0 spiro atoms. The molecule has 0 aromatic heterocycles. The summed E-state index contributed by atoms with van der Waals surface area (Å²) in [6.45, 7) is 1.44. The van der Waals surface area contributed by atoms with E-state index < -0.39 is 22.5 Å². The number of hydrogen-bond donors (Lipinski definition) is 1. The van der Waals surface area contributed by atoms with Gasteiger partial charge in [-0.3, -0.25) is 4.79 Å². The third kappa shape index (κ3) is 4.86. The van der Waals surface area contributed by atoms with Crippen molar-refractivity contribution in [1.29, 1.82) is 0 Å². The number of aryl methyl sites for hydroxylation is 1. The maximum Gasteiger partial charge on any atom is 0.244 e. The molecule has 0 atom stereocenters. The number of carbonyl (C=O) groups is 1. The number of rotatable bonds is 5. The zero-order chi connectivity index (χ0) is 18.8. The number of carbonyl (C=O) groups excluding carboxylic acids is 1. The van der Waals surface area contributed by atoms with E-state index in [-0.39, 0.29) is 14.9 Å². The zero-order valence-electron chi connectivity index (χ0n) is 13.4. The molecule has 0 aliphatic rings. The minimum absolute atomic E-state index is 0.0296. The first kappa shape index (κ1) is 20.0. The van der Waals surface area contributed by atoms with Crippen molar-refractivity contribution in [3.63, 3.8) is 0 Å². The Morgan fingerprint density at radius 2 is 1.76 bits per heavy atom. The van der Waals surface area contributed by atoms with E-state index in [9.17, 15) is 13.2 Å². The van der Waals surface area contributed by atoms with Gasteiger partial charge in [0.25, 0.3) is 0 Å². The van der Waals surface area contributed by atoms with E-state index in [0.29, 0.717) is 10.7 Å². The Hall–Kier alpha value is -1.31. The number of amides is 1. The van der Waals surface area contributed by atoms with Crippen molar-refractivity contribution >= 4 is 56.4 Å². The number of hydrogen-bond acceptors (Lipinski definition) is 3. The van der Waals surface area contributed by atoms with E-state index in [4.69, 9.17) is 34.8 Å². The highest BCUT2D eigenvalue weighted by atomic mass is 35.5. The highest BCUT2D eigenvalue weighted by molar-refractivity contribution is 7.89. The maximum atomic E-state index is 12.6. The Kier molecular flexibility index (Phi) is 6.35. The van der Waals surface area contributed by atoms with Crippen LogP contribution in [-0.2, 0) is 14.8 Å². The standard InChI is InChI=1S/C16H15Cl3N2O3S/c1-10-3-5-12(8-14(10)19)20-16(22)9-21(2)25(23,24)15-7-11(17)4-6-13(15)18/h3-8H,9H2,1-2H3,(H,20,22). The molecule has 25 heavy (non-hydrogen) atoms. The Morgan fingerprint density at radius 1 is 1.08 bits per heavy atom. The lowest BCUT2D eigenvalue weighted by molar-refractivity contribution is -0.116. The smallest absolute Gasteiger partial charge is 0.244 e. The highest BCUT2D eigenvalue weighted by Crippen LogP contribution is 2.27. The third-order valence-electron chi connectivity index (χ3n) is 3.40. The van der Waals surface area contributed by atoms with E-state index in [1.54, 1.807) is 18.2 Å². The lowest BCUT2D eigenvalue weighted by Gasteiger charge is -2.18. The third-order valence-corrected chi connectivity index (χ3v) is 6.33. The Balaban J connectivity index is 2.14. The van der Waals surface area contributed by atoms with Crippen LogP contribution in [0.5, 0.6) is 0 Å². The van der Waals surface area contributed by atoms with E-state index in [2.05, 4.69) is 5.32 Å².